The van der Waals surface area contributed by atoms with E-state index in [2.05, 4.69) is 38.0 Å². The predicted octanol–water partition coefficient (Wildman–Crippen LogP) is 3.62. The number of piperidine rings is 1. The summed E-state index contributed by atoms with van der Waals surface area (Å²) in [5, 5.41) is 3.61. The summed E-state index contributed by atoms with van der Waals surface area (Å²) in [7, 11) is 2.28. The standard InChI is InChI=1S/C19H36N2O/c1-18(2,3)17(22)16(20-19(4,5)6)12-13-10-14-8-9-15(11-13)21(14)7/h13-16,20H,8-12H2,1-7H3. The van der Waals surface area contributed by atoms with Crippen molar-refractivity contribution in [2.24, 2.45) is 11.3 Å². The lowest BCUT2D eigenvalue weighted by atomic mass is 9.79. The second-order valence-electron chi connectivity index (χ2n) is 9.68. The van der Waals surface area contributed by atoms with Crippen LogP contribution in [0.5, 0.6) is 0 Å². The van der Waals surface area contributed by atoms with Crippen LogP contribution in [0.25, 0.3) is 0 Å². The van der Waals surface area contributed by atoms with E-state index in [4.69, 9.17) is 0 Å². The quantitative estimate of drug-likeness (QED) is 0.861. The van der Waals surface area contributed by atoms with Crippen molar-refractivity contribution in [2.45, 2.75) is 97.3 Å². The zero-order valence-corrected chi connectivity index (χ0v) is 15.7. The van der Waals surface area contributed by atoms with Gasteiger partial charge in [0.15, 0.2) is 5.78 Å². The van der Waals surface area contributed by atoms with Gasteiger partial charge >= 0.3 is 0 Å². The average Bonchev–Trinajstić information content (AvgIpc) is 2.59. The van der Waals surface area contributed by atoms with E-state index in [-0.39, 0.29) is 17.0 Å². The number of Topliss-reactive ketones (excluding diaryl/α,β-unsaturated/α-hetero) is 1. The summed E-state index contributed by atoms with van der Waals surface area (Å²) in [6.45, 7) is 12.6. The van der Waals surface area contributed by atoms with Crippen molar-refractivity contribution in [3.63, 3.8) is 0 Å². The highest BCUT2D eigenvalue weighted by Crippen LogP contribution is 2.39. The fraction of sp³-hybridized carbons (Fsp3) is 0.947. The van der Waals surface area contributed by atoms with E-state index in [0.29, 0.717) is 11.7 Å². The van der Waals surface area contributed by atoms with Crippen molar-refractivity contribution in [1.29, 1.82) is 0 Å². The summed E-state index contributed by atoms with van der Waals surface area (Å²) in [6.07, 6.45) is 6.25. The van der Waals surface area contributed by atoms with Crippen molar-refractivity contribution >= 4 is 5.78 Å². The molecule has 0 aromatic heterocycles. The van der Waals surface area contributed by atoms with E-state index in [1.54, 1.807) is 0 Å². The van der Waals surface area contributed by atoms with Crippen molar-refractivity contribution in [1.82, 2.24) is 10.2 Å². The van der Waals surface area contributed by atoms with E-state index in [0.717, 1.165) is 18.5 Å². The normalized spacial score (nSPS) is 31.3. The Hall–Kier alpha value is -0.410. The maximum Gasteiger partial charge on any atom is 0.155 e. The van der Waals surface area contributed by atoms with Crippen LogP contribution >= 0.6 is 0 Å². The van der Waals surface area contributed by atoms with Crippen molar-refractivity contribution in [3.05, 3.63) is 0 Å². The first kappa shape index (κ1) is 17.9. The number of rotatable bonds is 4. The fourth-order valence-corrected chi connectivity index (χ4v) is 4.33. The van der Waals surface area contributed by atoms with Gasteiger partial charge in [0, 0.05) is 23.0 Å². The maximum absolute atomic E-state index is 12.9. The van der Waals surface area contributed by atoms with Crippen LogP contribution in [0.1, 0.15) is 73.6 Å². The van der Waals surface area contributed by atoms with Gasteiger partial charge in [-0.05, 0) is 65.8 Å². The number of hydrogen-bond acceptors (Lipinski definition) is 3. The molecule has 2 rings (SSSR count). The molecule has 0 aromatic rings. The number of fused-ring (bicyclic) bond motifs is 2. The van der Waals surface area contributed by atoms with Gasteiger partial charge in [0.1, 0.15) is 0 Å². The Balaban J connectivity index is 2.05. The average molecular weight is 309 g/mol. The molecule has 0 saturated carbocycles. The second kappa shape index (κ2) is 6.24. The molecule has 3 atom stereocenters. The highest BCUT2D eigenvalue weighted by atomic mass is 16.1. The molecule has 0 radical (unpaired) electrons. The molecule has 3 heteroatoms. The monoisotopic (exact) mass is 308 g/mol. The van der Waals surface area contributed by atoms with E-state index < -0.39 is 0 Å². The lowest BCUT2D eigenvalue weighted by Gasteiger charge is -2.39. The van der Waals surface area contributed by atoms with Gasteiger partial charge in [0.2, 0.25) is 0 Å². The molecule has 128 valence electrons. The molecule has 0 amide bonds. The highest BCUT2D eigenvalue weighted by molar-refractivity contribution is 5.88. The molecule has 2 aliphatic rings. The van der Waals surface area contributed by atoms with Gasteiger partial charge in [-0.15, -0.1) is 0 Å². The van der Waals surface area contributed by atoms with Gasteiger partial charge in [0.25, 0.3) is 0 Å². The molecule has 2 bridgehead atoms. The minimum atomic E-state index is -0.270. The third kappa shape index (κ3) is 4.32. The number of hydrogen-bond donors (Lipinski definition) is 1. The molecule has 0 aromatic carbocycles. The number of carbonyl (C=O) groups excluding carboxylic acids is 1. The van der Waals surface area contributed by atoms with Gasteiger partial charge in [-0.3, -0.25) is 4.79 Å². The molecule has 3 unspecified atom stereocenters. The summed E-state index contributed by atoms with van der Waals surface area (Å²) in [6, 6.07) is 1.50. The molecule has 22 heavy (non-hydrogen) atoms. The largest absolute Gasteiger partial charge is 0.303 e. The van der Waals surface area contributed by atoms with Gasteiger partial charge in [0.05, 0.1) is 6.04 Å². The van der Waals surface area contributed by atoms with Crippen LogP contribution in [0.3, 0.4) is 0 Å². The van der Waals surface area contributed by atoms with Crippen molar-refractivity contribution < 1.29 is 4.79 Å². The van der Waals surface area contributed by atoms with Crippen molar-refractivity contribution in [2.75, 3.05) is 7.05 Å². The van der Waals surface area contributed by atoms with Crippen LogP contribution in [0.4, 0.5) is 0 Å². The molecule has 1 N–H and O–H groups in total. The number of ketones is 1. The Bertz CT molecular complexity index is 391. The Kier molecular flexibility index (Phi) is 5.09. The van der Waals surface area contributed by atoms with E-state index in [1.807, 2.05) is 20.8 Å². The highest BCUT2D eigenvalue weighted by Gasteiger charge is 2.41. The molecular formula is C19H36N2O. The van der Waals surface area contributed by atoms with Crippen LogP contribution in [-0.4, -0.2) is 41.4 Å². The Morgan fingerprint density at radius 3 is 2.00 bits per heavy atom. The first-order chi connectivity index (χ1) is 9.97. The molecule has 2 aliphatic heterocycles. The molecule has 2 saturated heterocycles. The minimum Gasteiger partial charge on any atom is -0.303 e. The molecule has 0 aliphatic carbocycles. The Morgan fingerprint density at radius 2 is 1.59 bits per heavy atom. The maximum atomic E-state index is 12.9. The Morgan fingerprint density at radius 1 is 1.09 bits per heavy atom. The summed E-state index contributed by atoms with van der Waals surface area (Å²) in [4.78, 5) is 15.5. The topological polar surface area (TPSA) is 32.3 Å². The van der Waals surface area contributed by atoms with E-state index >= 15 is 0 Å². The number of nitrogens with one attached hydrogen (secondary N) is 1. The van der Waals surface area contributed by atoms with Gasteiger partial charge in [-0.25, -0.2) is 0 Å². The first-order valence-electron chi connectivity index (χ1n) is 9.01. The first-order valence-corrected chi connectivity index (χ1v) is 9.01. The third-order valence-electron chi connectivity index (χ3n) is 5.43. The SMILES string of the molecule is CN1C2CCC1CC(CC(NC(C)(C)C)C(=O)C(C)(C)C)C2. The second-order valence-corrected chi connectivity index (χ2v) is 9.68. The summed E-state index contributed by atoms with van der Waals surface area (Å²) in [5.41, 5.74) is -0.288. The summed E-state index contributed by atoms with van der Waals surface area (Å²) in [5.74, 6) is 1.06. The van der Waals surface area contributed by atoms with Crippen LogP contribution in [-0.2, 0) is 4.79 Å². The molecule has 2 fully saturated rings. The van der Waals surface area contributed by atoms with Crippen LogP contribution in [0, 0.1) is 11.3 Å². The fourth-order valence-electron chi connectivity index (χ4n) is 4.33. The van der Waals surface area contributed by atoms with Crippen LogP contribution in [0.2, 0.25) is 0 Å². The summed E-state index contributed by atoms with van der Waals surface area (Å²) >= 11 is 0. The number of nitrogens with zero attached hydrogens (tertiary/aromatic N) is 1. The lowest BCUT2D eigenvalue weighted by Crippen LogP contribution is -2.52. The van der Waals surface area contributed by atoms with Gasteiger partial charge in [-0.2, -0.15) is 0 Å². The van der Waals surface area contributed by atoms with Crippen LogP contribution in [0.15, 0.2) is 0 Å². The van der Waals surface area contributed by atoms with E-state index in [9.17, 15) is 4.79 Å². The zero-order valence-electron chi connectivity index (χ0n) is 15.7. The predicted molar refractivity (Wildman–Crippen MR) is 93.1 cm³/mol. The van der Waals surface area contributed by atoms with Gasteiger partial charge < -0.3 is 10.2 Å². The molecule has 3 nitrogen and oxygen atoms in total. The third-order valence-corrected chi connectivity index (χ3v) is 5.43. The van der Waals surface area contributed by atoms with Crippen LogP contribution < -0.4 is 5.32 Å². The van der Waals surface area contributed by atoms with Gasteiger partial charge in [-0.1, -0.05) is 20.8 Å². The smallest absolute Gasteiger partial charge is 0.155 e. The minimum absolute atomic E-state index is 0.00666. The van der Waals surface area contributed by atoms with Crippen molar-refractivity contribution in [3.8, 4) is 0 Å². The number of carbonyl (C=O) groups is 1. The molecule has 0 spiro atoms. The lowest BCUT2D eigenvalue weighted by molar-refractivity contribution is -0.129. The zero-order chi connectivity index (χ0) is 16.7. The summed E-state index contributed by atoms with van der Waals surface area (Å²) < 4.78 is 0. The molecule has 2 heterocycles. The Labute approximate surface area is 137 Å². The molecular weight excluding hydrogens is 272 g/mol. The van der Waals surface area contributed by atoms with E-state index in [1.165, 1.54) is 25.7 Å².